The van der Waals surface area contributed by atoms with Crippen molar-refractivity contribution < 1.29 is 9.59 Å². The molecular weight excluding hydrogens is 378 g/mol. The van der Waals surface area contributed by atoms with Gasteiger partial charge >= 0.3 is 0 Å². The molecule has 0 bridgehead atoms. The molecule has 0 amide bonds. The highest BCUT2D eigenvalue weighted by atomic mass is 79.9. The van der Waals surface area contributed by atoms with E-state index in [0.717, 1.165) is 9.04 Å². The first-order valence-corrected chi connectivity index (χ1v) is 7.79. The minimum atomic E-state index is -1.20. The molecule has 0 aliphatic carbocycles. The van der Waals surface area contributed by atoms with Gasteiger partial charge in [0, 0.05) is 4.47 Å². The number of carbonyl (C=O) groups excluding carboxylic acids is 2. The number of ketones is 2. The van der Waals surface area contributed by atoms with E-state index >= 15 is 0 Å². The van der Waals surface area contributed by atoms with Crippen molar-refractivity contribution in [3.63, 3.8) is 0 Å². The Morgan fingerprint density at radius 1 is 1.12 bits per heavy atom. The normalized spacial score (nSPS) is 11.2. The summed E-state index contributed by atoms with van der Waals surface area (Å²) < 4.78 is 3.31. The van der Waals surface area contributed by atoms with E-state index in [-0.39, 0.29) is 11.2 Å². The number of aromatic nitrogens is 5. The van der Waals surface area contributed by atoms with Gasteiger partial charge in [0.25, 0.3) is 5.56 Å². The van der Waals surface area contributed by atoms with Crippen molar-refractivity contribution in [1.29, 1.82) is 0 Å². The highest BCUT2D eigenvalue weighted by Crippen LogP contribution is 2.16. The molecule has 0 aliphatic heterocycles. The lowest BCUT2D eigenvalue weighted by atomic mass is 10.1. The van der Waals surface area contributed by atoms with Crippen molar-refractivity contribution in [2.75, 3.05) is 0 Å². The molecule has 0 atom stereocenters. The summed E-state index contributed by atoms with van der Waals surface area (Å²) in [6.45, 7) is 2.50. The molecule has 122 valence electrons. The van der Waals surface area contributed by atoms with Gasteiger partial charge in [0.1, 0.15) is 6.33 Å². The van der Waals surface area contributed by atoms with Gasteiger partial charge in [0.05, 0.1) is 5.69 Å². The lowest BCUT2D eigenvalue weighted by molar-refractivity contribution is -0.129. The number of rotatable bonds is 4. The van der Waals surface area contributed by atoms with Crippen LogP contribution in [-0.2, 0) is 9.59 Å². The maximum atomic E-state index is 12.6. The zero-order valence-corrected chi connectivity index (χ0v) is 14.4. The minimum Gasteiger partial charge on any atom is -0.297 e. The lowest BCUT2D eigenvalue weighted by Crippen LogP contribution is -2.33. The monoisotopic (exact) mass is 389 g/mol. The van der Waals surface area contributed by atoms with Crippen LogP contribution >= 0.6 is 15.9 Å². The lowest BCUT2D eigenvalue weighted by Gasteiger charge is -2.12. The van der Waals surface area contributed by atoms with Gasteiger partial charge in [-0.05, 0) is 38.1 Å². The van der Waals surface area contributed by atoms with Crippen molar-refractivity contribution in [2.45, 2.75) is 19.9 Å². The van der Waals surface area contributed by atoms with Gasteiger partial charge in [0.2, 0.25) is 0 Å². The van der Waals surface area contributed by atoms with Crippen LogP contribution in [-0.4, -0.2) is 36.1 Å². The summed E-state index contributed by atoms with van der Waals surface area (Å²) in [6.07, 6.45) is 1.18. The molecular formula is C15H12BrN5O3. The third-order valence-corrected chi connectivity index (χ3v) is 4.04. The molecule has 0 aliphatic rings. The standard InChI is InChI=1S/C15H12BrN5O3/c1-8(22)13(9(2)23)20-7-17-14-12(15(20)24)18-19-21(14)11-5-3-10(16)4-6-11/h3-7,13H,1-2H3. The van der Waals surface area contributed by atoms with E-state index in [1.54, 1.807) is 12.1 Å². The highest BCUT2D eigenvalue weighted by Gasteiger charge is 2.25. The van der Waals surface area contributed by atoms with Crippen LogP contribution in [0.1, 0.15) is 19.9 Å². The van der Waals surface area contributed by atoms with Gasteiger partial charge in [-0.2, -0.15) is 4.68 Å². The topological polar surface area (TPSA) is 99.7 Å². The number of fused-ring (bicyclic) bond motifs is 1. The van der Waals surface area contributed by atoms with Gasteiger partial charge < -0.3 is 0 Å². The molecule has 0 spiro atoms. The van der Waals surface area contributed by atoms with Crippen molar-refractivity contribution >= 4 is 38.7 Å². The Kier molecular flexibility index (Phi) is 4.10. The minimum absolute atomic E-state index is 0.00656. The van der Waals surface area contributed by atoms with E-state index in [1.165, 1.54) is 24.9 Å². The zero-order chi connectivity index (χ0) is 17.4. The number of hydrogen-bond acceptors (Lipinski definition) is 6. The number of Topliss-reactive ketones (excluding diaryl/α,β-unsaturated/α-hetero) is 2. The van der Waals surface area contributed by atoms with Crippen molar-refractivity contribution in [3.05, 3.63) is 45.4 Å². The van der Waals surface area contributed by atoms with Gasteiger partial charge in [-0.1, -0.05) is 21.1 Å². The van der Waals surface area contributed by atoms with Crippen LogP contribution in [0.5, 0.6) is 0 Å². The summed E-state index contributed by atoms with van der Waals surface area (Å²) in [5, 5.41) is 7.81. The summed E-state index contributed by atoms with van der Waals surface area (Å²) in [4.78, 5) is 40.1. The Balaban J connectivity index is 2.19. The van der Waals surface area contributed by atoms with E-state index in [1.807, 2.05) is 12.1 Å². The second kappa shape index (κ2) is 6.08. The fraction of sp³-hybridized carbons (Fsp3) is 0.200. The number of nitrogens with zero attached hydrogens (tertiary/aromatic N) is 5. The Bertz CT molecular complexity index is 992. The Labute approximate surface area is 144 Å². The first-order chi connectivity index (χ1) is 11.4. The molecule has 2 heterocycles. The second-order valence-electron chi connectivity index (χ2n) is 5.23. The molecule has 24 heavy (non-hydrogen) atoms. The third kappa shape index (κ3) is 2.67. The molecule has 9 heteroatoms. The zero-order valence-electron chi connectivity index (χ0n) is 12.8. The molecule has 0 saturated heterocycles. The van der Waals surface area contributed by atoms with E-state index in [4.69, 9.17) is 0 Å². The molecule has 0 fully saturated rings. The van der Waals surface area contributed by atoms with Crippen LogP contribution < -0.4 is 5.56 Å². The fourth-order valence-corrected chi connectivity index (χ4v) is 2.71. The van der Waals surface area contributed by atoms with Crippen molar-refractivity contribution in [3.8, 4) is 5.69 Å². The summed E-state index contributed by atoms with van der Waals surface area (Å²) in [7, 11) is 0. The van der Waals surface area contributed by atoms with E-state index < -0.39 is 23.2 Å². The summed E-state index contributed by atoms with van der Waals surface area (Å²) in [5.41, 5.74) is 0.344. The smallest absolute Gasteiger partial charge is 0.284 e. The van der Waals surface area contributed by atoms with Gasteiger partial charge in [-0.15, -0.1) is 5.10 Å². The quantitative estimate of drug-likeness (QED) is 0.626. The summed E-state index contributed by atoms with van der Waals surface area (Å²) >= 11 is 3.34. The maximum absolute atomic E-state index is 12.6. The average Bonchev–Trinajstić information content (AvgIpc) is 2.95. The second-order valence-corrected chi connectivity index (χ2v) is 6.15. The van der Waals surface area contributed by atoms with Crippen LogP contribution in [0.15, 0.2) is 39.9 Å². The van der Waals surface area contributed by atoms with Crippen LogP contribution in [0.2, 0.25) is 0 Å². The van der Waals surface area contributed by atoms with E-state index in [0.29, 0.717) is 5.69 Å². The van der Waals surface area contributed by atoms with Gasteiger partial charge in [-0.25, -0.2) is 4.98 Å². The number of hydrogen-bond donors (Lipinski definition) is 0. The summed E-state index contributed by atoms with van der Waals surface area (Å²) in [5.74, 6) is -0.878. The van der Waals surface area contributed by atoms with Crippen LogP contribution in [0.25, 0.3) is 16.9 Å². The molecule has 1 aromatic carbocycles. The Morgan fingerprint density at radius 3 is 2.33 bits per heavy atom. The third-order valence-electron chi connectivity index (χ3n) is 3.51. The molecule has 0 radical (unpaired) electrons. The average molecular weight is 390 g/mol. The van der Waals surface area contributed by atoms with Crippen molar-refractivity contribution in [2.24, 2.45) is 0 Å². The van der Waals surface area contributed by atoms with Crippen LogP contribution in [0.4, 0.5) is 0 Å². The molecule has 0 saturated carbocycles. The van der Waals surface area contributed by atoms with Crippen molar-refractivity contribution in [1.82, 2.24) is 24.5 Å². The first-order valence-electron chi connectivity index (χ1n) is 6.99. The number of carbonyl (C=O) groups is 2. The van der Waals surface area contributed by atoms with Crippen LogP contribution in [0, 0.1) is 0 Å². The first kappa shape index (κ1) is 16.2. The van der Waals surface area contributed by atoms with E-state index in [9.17, 15) is 14.4 Å². The Hall–Kier alpha value is -2.68. The summed E-state index contributed by atoms with van der Waals surface area (Å²) in [6, 6.07) is 6.03. The Morgan fingerprint density at radius 2 is 1.75 bits per heavy atom. The van der Waals surface area contributed by atoms with Crippen LogP contribution in [0.3, 0.4) is 0 Å². The highest BCUT2D eigenvalue weighted by molar-refractivity contribution is 9.10. The SMILES string of the molecule is CC(=O)C(C(C)=O)n1cnc2c(nnn2-c2ccc(Br)cc2)c1=O. The maximum Gasteiger partial charge on any atom is 0.284 e. The van der Waals surface area contributed by atoms with E-state index in [2.05, 4.69) is 31.2 Å². The number of halogens is 1. The molecule has 3 rings (SSSR count). The molecule has 2 aromatic heterocycles. The predicted octanol–water partition coefficient (Wildman–Crippen LogP) is 1.46. The largest absolute Gasteiger partial charge is 0.297 e. The van der Waals surface area contributed by atoms with Gasteiger partial charge in [-0.3, -0.25) is 19.0 Å². The van der Waals surface area contributed by atoms with Gasteiger partial charge in [0.15, 0.2) is 28.8 Å². The molecule has 0 unspecified atom stereocenters. The molecule has 8 nitrogen and oxygen atoms in total. The molecule has 0 N–H and O–H groups in total. The molecule has 3 aromatic rings. The number of benzene rings is 1. The fourth-order valence-electron chi connectivity index (χ4n) is 2.44. The predicted molar refractivity (Wildman–Crippen MR) is 89.0 cm³/mol.